The molecule has 112 valence electrons. The van der Waals surface area contributed by atoms with Crippen LogP contribution in [0.4, 0.5) is 11.6 Å². The van der Waals surface area contributed by atoms with Crippen molar-refractivity contribution in [3.8, 4) is 0 Å². The maximum absolute atomic E-state index is 11.5. The fourth-order valence-corrected chi connectivity index (χ4v) is 1.75. The monoisotopic (exact) mass is 300 g/mol. The molecule has 0 spiro atoms. The minimum absolute atomic E-state index is 0.0362. The number of nitrogens with two attached hydrogens (primary N) is 1. The maximum atomic E-state index is 11.5. The molecule has 0 fully saturated rings. The molecule has 0 aliphatic heterocycles. The van der Waals surface area contributed by atoms with E-state index in [-0.39, 0.29) is 5.91 Å². The molecule has 0 aromatic carbocycles. The Morgan fingerprint density at radius 2 is 2.15 bits per heavy atom. The van der Waals surface area contributed by atoms with Crippen LogP contribution in [0.2, 0.25) is 0 Å². The highest BCUT2D eigenvalue weighted by Crippen LogP contribution is 2.16. The van der Waals surface area contributed by atoms with Gasteiger partial charge in [0.25, 0.3) is 0 Å². The number of hydrogen-bond donors (Lipinski definition) is 4. The van der Waals surface area contributed by atoms with Crippen molar-refractivity contribution in [2.75, 3.05) is 43.8 Å². The number of hydrogen-bond acceptors (Lipinski definition) is 8. The van der Waals surface area contributed by atoms with Crippen LogP contribution in [0.15, 0.2) is 11.2 Å². The normalized spacial score (nSPS) is 10.2. The summed E-state index contributed by atoms with van der Waals surface area (Å²) >= 11 is 1.41. The van der Waals surface area contributed by atoms with E-state index in [1.165, 1.54) is 11.8 Å². The SMILES string of the molecule is COCCNC(=O)CCNc1cc(NN)nc(SC)n1. The van der Waals surface area contributed by atoms with Crippen molar-refractivity contribution >= 4 is 29.3 Å². The second kappa shape index (κ2) is 9.34. The molecule has 0 bridgehead atoms. The van der Waals surface area contributed by atoms with Crippen molar-refractivity contribution in [3.63, 3.8) is 0 Å². The summed E-state index contributed by atoms with van der Waals surface area (Å²) in [7, 11) is 1.59. The van der Waals surface area contributed by atoms with Gasteiger partial charge in [0.1, 0.15) is 11.6 Å². The minimum Gasteiger partial charge on any atom is -0.383 e. The number of ether oxygens (including phenoxy) is 1. The van der Waals surface area contributed by atoms with Crippen LogP contribution in [0.5, 0.6) is 0 Å². The van der Waals surface area contributed by atoms with Crippen LogP contribution < -0.4 is 21.9 Å². The number of anilines is 2. The lowest BCUT2D eigenvalue weighted by Crippen LogP contribution is -2.28. The standard InChI is InChI=1S/C11H20N6O2S/c1-19-6-5-14-10(18)3-4-13-8-7-9(17-12)16-11(15-8)20-2/h7H,3-6,12H2,1-2H3,(H,14,18)(H2,13,15,16,17). The van der Waals surface area contributed by atoms with Crippen molar-refractivity contribution in [1.82, 2.24) is 15.3 Å². The molecule has 1 amide bonds. The van der Waals surface area contributed by atoms with Crippen LogP contribution in [-0.2, 0) is 9.53 Å². The molecule has 1 aromatic heterocycles. The molecule has 1 rings (SSSR count). The molecule has 8 nitrogen and oxygen atoms in total. The highest BCUT2D eigenvalue weighted by Gasteiger charge is 2.04. The third kappa shape index (κ3) is 6.04. The Morgan fingerprint density at radius 1 is 1.40 bits per heavy atom. The Labute approximate surface area is 122 Å². The van der Waals surface area contributed by atoms with Crippen molar-refractivity contribution in [2.45, 2.75) is 11.6 Å². The molecule has 1 aromatic rings. The van der Waals surface area contributed by atoms with Gasteiger partial charge in [-0.15, -0.1) is 0 Å². The second-order valence-corrected chi connectivity index (χ2v) is 4.56. The van der Waals surface area contributed by atoms with Gasteiger partial charge in [-0.1, -0.05) is 11.8 Å². The molecular weight excluding hydrogens is 280 g/mol. The zero-order valence-electron chi connectivity index (χ0n) is 11.6. The molecule has 0 saturated heterocycles. The lowest BCUT2D eigenvalue weighted by Gasteiger charge is -2.09. The van der Waals surface area contributed by atoms with Crippen LogP contribution in [0.1, 0.15) is 6.42 Å². The number of nitrogens with zero attached hydrogens (tertiary/aromatic N) is 2. The maximum Gasteiger partial charge on any atom is 0.221 e. The summed E-state index contributed by atoms with van der Waals surface area (Å²) in [4.78, 5) is 19.9. The summed E-state index contributed by atoms with van der Waals surface area (Å²) in [5.74, 6) is 6.45. The van der Waals surface area contributed by atoms with Crippen molar-refractivity contribution in [1.29, 1.82) is 0 Å². The first kappa shape index (κ1) is 16.5. The number of methoxy groups -OCH3 is 1. The fraction of sp³-hybridized carbons (Fsp3) is 0.545. The first-order valence-corrected chi connectivity index (χ1v) is 7.31. The van der Waals surface area contributed by atoms with Gasteiger partial charge < -0.3 is 20.8 Å². The van der Waals surface area contributed by atoms with E-state index < -0.39 is 0 Å². The molecule has 5 N–H and O–H groups in total. The molecular formula is C11H20N6O2S. The molecule has 9 heteroatoms. The Balaban J connectivity index is 2.39. The Bertz CT molecular complexity index is 409. The summed E-state index contributed by atoms with van der Waals surface area (Å²) in [6.07, 6.45) is 2.23. The second-order valence-electron chi connectivity index (χ2n) is 3.79. The van der Waals surface area contributed by atoms with Gasteiger partial charge in [0.2, 0.25) is 5.91 Å². The van der Waals surface area contributed by atoms with E-state index in [1.54, 1.807) is 13.2 Å². The molecule has 0 atom stereocenters. The first-order chi connectivity index (χ1) is 9.69. The summed E-state index contributed by atoms with van der Waals surface area (Å²) in [5, 5.41) is 6.41. The van der Waals surface area contributed by atoms with Crippen LogP contribution >= 0.6 is 11.8 Å². The summed E-state index contributed by atoms with van der Waals surface area (Å²) < 4.78 is 4.85. The van der Waals surface area contributed by atoms with E-state index in [4.69, 9.17) is 10.6 Å². The van der Waals surface area contributed by atoms with Crippen LogP contribution in [0, 0.1) is 0 Å². The van der Waals surface area contributed by atoms with E-state index in [9.17, 15) is 4.79 Å². The molecule has 0 aliphatic carbocycles. The molecule has 0 unspecified atom stereocenters. The zero-order valence-corrected chi connectivity index (χ0v) is 12.4. The predicted octanol–water partition coefficient (Wildman–Crippen LogP) is 0.0487. The highest BCUT2D eigenvalue weighted by molar-refractivity contribution is 7.98. The number of carbonyl (C=O) groups excluding carboxylic acids is 1. The summed E-state index contributed by atoms with van der Waals surface area (Å²) in [5.41, 5.74) is 2.48. The zero-order chi connectivity index (χ0) is 14.8. The van der Waals surface area contributed by atoms with Gasteiger partial charge >= 0.3 is 0 Å². The third-order valence-electron chi connectivity index (χ3n) is 2.32. The quantitative estimate of drug-likeness (QED) is 0.166. The van der Waals surface area contributed by atoms with E-state index in [2.05, 4.69) is 26.0 Å². The summed E-state index contributed by atoms with van der Waals surface area (Å²) in [6, 6.07) is 1.68. The molecule has 0 radical (unpaired) electrons. The van der Waals surface area contributed by atoms with Crippen molar-refractivity contribution < 1.29 is 9.53 Å². The molecule has 0 aliphatic rings. The minimum atomic E-state index is -0.0362. The van der Waals surface area contributed by atoms with Crippen LogP contribution in [0.25, 0.3) is 0 Å². The van der Waals surface area contributed by atoms with Gasteiger partial charge in [0, 0.05) is 32.7 Å². The number of nitrogen functional groups attached to an aromatic ring is 1. The van der Waals surface area contributed by atoms with Gasteiger partial charge in [-0.25, -0.2) is 15.8 Å². The number of nitrogens with one attached hydrogen (secondary N) is 3. The number of rotatable bonds is 9. The lowest BCUT2D eigenvalue weighted by atomic mass is 10.4. The van der Waals surface area contributed by atoms with Crippen molar-refractivity contribution in [2.24, 2.45) is 5.84 Å². The van der Waals surface area contributed by atoms with Gasteiger partial charge in [-0.2, -0.15) is 0 Å². The fourth-order valence-electron chi connectivity index (χ4n) is 1.37. The Kier molecular flexibility index (Phi) is 7.70. The number of amides is 1. The van der Waals surface area contributed by atoms with Crippen LogP contribution in [0.3, 0.4) is 0 Å². The molecule has 1 heterocycles. The smallest absolute Gasteiger partial charge is 0.221 e. The van der Waals surface area contributed by atoms with E-state index >= 15 is 0 Å². The van der Waals surface area contributed by atoms with Gasteiger partial charge in [-0.3, -0.25) is 4.79 Å². The molecule has 0 saturated carbocycles. The average Bonchev–Trinajstić information content (AvgIpc) is 2.47. The van der Waals surface area contributed by atoms with Crippen LogP contribution in [-0.4, -0.2) is 48.9 Å². The number of hydrazine groups is 1. The van der Waals surface area contributed by atoms with Gasteiger partial charge in [-0.05, 0) is 6.26 Å². The highest BCUT2D eigenvalue weighted by atomic mass is 32.2. The summed E-state index contributed by atoms with van der Waals surface area (Å²) in [6.45, 7) is 1.50. The van der Waals surface area contributed by atoms with Gasteiger partial charge in [0.05, 0.1) is 6.61 Å². The third-order valence-corrected chi connectivity index (χ3v) is 2.87. The Morgan fingerprint density at radius 3 is 2.80 bits per heavy atom. The van der Waals surface area contributed by atoms with Crippen molar-refractivity contribution in [3.05, 3.63) is 6.07 Å². The Hall–Kier alpha value is -1.58. The average molecular weight is 300 g/mol. The van der Waals surface area contributed by atoms with E-state index in [0.29, 0.717) is 42.9 Å². The number of aromatic nitrogens is 2. The number of carbonyl (C=O) groups is 1. The van der Waals surface area contributed by atoms with Gasteiger partial charge in [0.15, 0.2) is 5.16 Å². The lowest BCUT2D eigenvalue weighted by molar-refractivity contribution is -0.121. The molecule has 20 heavy (non-hydrogen) atoms. The van der Waals surface area contributed by atoms with E-state index in [0.717, 1.165) is 0 Å². The topological polar surface area (TPSA) is 114 Å². The number of thioether (sulfide) groups is 1. The van der Waals surface area contributed by atoms with E-state index in [1.807, 2.05) is 6.26 Å². The largest absolute Gasteiger partial charge is 0.383 e. The first-order valence-electron chi connectivity index (χ1n) is 6.08. The predicted molar refractivity (Wildman–Crippen MR) is 79.6 cm³/mol.